The van der Waals surface area contributed by atoms with Crippen molar-refractivity contribution in [1.82, 2.24) is 0 Å². The molecule has 2 N–H and O–H groups in total. The monoisotopic (exact) mass is 451 g/mol. The second-order valence-corrected chi connectivity index (χ2v) is 8.30. The van der Waals surface area contributed by atoms with Crippen LogP contribution in [0.15, 0.2) is 18.2 Å². The van der Waals surface area contributed by atoms with E-state index in [4.69, 9.17) is 36.1 Å². The lowest BCUT2D eigenvalue weighted by Gasteiger charge is -2.32. The summed E-state index contributed by atoms with van der Waals surface area (Å²) in [4.78, 5) is 10.9. The molecule has 0 spiro atoms. The molecule has 1 aromatic carbocycles. The van der Waals surface area contributed by atoms with Crippen molar-refractivity contribution in [3.05, 3.63) is 29.0 Å². The molecule has 6 nitrogen and oxygen atoms in total. The molecule has 10 heteroatoms. The molecule has 1 saturated heterocycles. The standard InChI is InChI=1S/C19H28BClFNO5.ClH/c1-18(2)19(3,4)28-20(27-18)13(12-25-9-8-17(23)24)7-10-26-14-5-6-15(21)16(22)11-14;/h5-6,11,13H,7-10,12H2,1-4H3,(H2,23,24);1H/t13-;/m1./s1. The van der Waals surface area contributed by atoms with Crippen LogP contribution in [-0.4, -0.2) is 44.0 Å². The van der Waals surface area contributed by atoms with E-state index >= 15 is 0 Å². The number of hydrogen-bond donors (Lipinski definition) is 1. The molecule has 1 fully saturated rings. The van der Waals surface area contributed by atoms with Crippen LogP contribution in [0.25, 0.3) is 0 Å². The lowest BCUT2D eigenvalue weighted by molar-refractivity contribution is -0.119. The predicted molar refractivity (Wildman–Crippen MR) is 113 cm³/mol. The summed E-state index contributed by atoms with van der Waals surface area (Å²) >= 11 is 5.68. The number of carbonyl (C=O) groups is 1. The van der Waals surface area contributed by atoms with Gasteiger partial charge in [0.1, 0.15) is 11.6 Å². The van der Waals surface area contributed by atoms with Gasteiger partial charge in [-0.05, 0) is 46.2 Å². The highest BCUT2D eigenvalue weighted by molar-refractivity contribution is 6.47. The summed E-state index contributed by atoms with van der Waals surface area (Å²) in [7, 11) is -0.482. The second kappa shape index (κ2) is 10.8. The average Bonchev–Trinajstić information content (AvgIpc) is 2.80. The number of halogens is 3. The highest BCUT2D eigenvalue weighted by Gasteiger charge is 2.53. The van der Waals surface area contributed by atoms with Gasteiger partial charge in [-0.25, -0.2) is 4.39 Å². The lowest BCUT2D eigenvalue weighted by Crippen LogP contribution is -2.41. The summed E-state index contributed by atoms with van der Waals surface area (Å²) in [6, 6.07) is 4.30. The fraction of sp³-hybridized carbons (Fsp3) is 0.632. The first-order valence-electron chi connectivity index (χ1n) is 9.31. The van der Waals surface area contributed by atoms with E-state index in [-0.39, 0.29) is 36.3 Å². The van der Waals surface area contributed by atoms with Gasteiger partial charge in [-0.3, -0.25) is 4.79 Å². The van der Waals surface area contributed by atoms with Crippen molar-refractivity contribution in [3.8, 4) is 5.75 Å². The van der Waals surface area contributed by atoms with Crippen molar-refractivity contribution < 1.29 is 28.0 Å². The van der Waals surface area contributed by atoms with Gasteiger partial charge in [0.05, 0.1) is 29.4 Å². The molecule has 0 radical (unpaired) electrons. The summed E-state index contributed by atoms with van der Waals surface area (Å²) in [5.41, 5.74) is 4.20. The summed E-state index contributed by atoms with van der Waals surface area (Å²) < 4.78 is 37.0. The fourth-order valence-electron chi connectivity index (χ4n) is 2.68. The van der Waals surface area contributed by atoms with Crippen molar-refractivity contribution in [2.75, 3.05) is 19.8 Å². The van der Waals surface area contributed by atoms with Crippen LogP contribution < -0.4 is 10.5 Å². The molecule has 0 aromatic heterocycles. The van der Waals surface area contributed by atoms with E-state index in [1.807, 2.05) is 27.7 Å². The first-order chi connectivity index (χ1) is 13.0. The molecular weight excluding hydrogens is 423 g/mol. The fourth-order valence-corrected chi connectivity index (χ4v) is 2.80. The van der Waals surface area contributed by atoms with Gasteiger partial charge in [-0.1, -0.05) is 11.6 Å². The minimum Gasteiger partial charge on any atom is -0.494 e. The Kier molecular flexibility index (Phi) is 9.69. The molecule has 1 amide bonds. The van der Waals surface area contributed by atoms with Crippen molar-refractivity contribution in [1.29, 1.82) is 0 Å². The van der Waals surface area contributed by atoms with Crippen molar-refractivity contribution >= 4 is 37.0 Å². The zero-order valence-corrected chi connectivity index (χ0v) is 18.8. The van der Waals surface area contributed by atoms with Gasteiger partial charge in [-0.2, -0.15) is 0 Å². The number of ether oxygens (including phenoxy) is 2. The van der Waals surface area contributed by atoms with Crippen molar-refractivity contribution in [3.63, 3.8) is 0 Å². The quantitative estimate of drug-likeness (QED) is 0.429. The van der Waals surface area contributed by atoms with Gasteiger partial charge in [0.25, 0.3) is 0 Å². The minimum absolute atomic E-state index is 0. The summed E-state index contributed by atoms with van der Waals surface area (Å²) in [6.45, 7) is 8.78. The Morgan fingerprint density at radius 3 is 2.41 bits per heavy atom. The third-order valence-corrected chi connectivity index (χ3v) is 5.44. The minimum atomic E-state index is -0.531. The maximum absolute atomic E-state index is 13.5. The maximum Gasteiger partial charge on any atom is 0.463 e. The zero-order valence-electron chi connectivity index (χ0n) is 17.2. The van der Waals surface area contributed by atoms with Gasteiger partial charge < -0.3 is 24.5 Å². The molecule has 1 aromatic rings. The lowest BCUT2D eigenvalue weighted by atomic mass is 9.70. The molecule has 29 heavy (non-hydrogen) atoms. The molecule has 0 aliphatic carbocycles. The molecule has 1 heterocycles. The topological polar surface area (TPSA) is 80.0 Å². The van der Waals surface area contributed by atoms with E-state index in [1.165, 1.54) is 12.1 Å². The molecule has 0 unspecified atom stereocenters. The van der Waals surface area contributed by atoms with E-state index in [0.717, 1.165) is 0 Å². The van der Waals surface area contributed by atoms with Gasteiger partial charge in [0.2, 0.25) is 5.91 Å². The van der Waals surface area contributed by atoms with E-state index in [0.29, 0.717) is 25.4 Å². The molecule has 0 bridgehead atoms. The third kappa shape index (κ3) is 7.29. The normalized spacial score (nSPS) is 18.2. The summed E-state index contributed by atoms with van der Waals surface area (Å²) in [5.74, 6) is -0.688. The van der Waals surface area contributed by atoms with E-state index < -0.39 is 30.0 Å². The van der Waals surface area contributed by atoms with Crippen LogP contribution in [0.2, 0.25) is 10.8 Å². The van der Waals surface area contributed by atoms with Crippen LogP contribution in [0.5, 0.6) is 5.75 Å². The van der Waals surface area contributed by atoms with E-state index in [1.54, 1.807) is 6.07 Å². The van der Waals surface area contributed by atoms with E-state index in [9.17, 15) is 9.18 Å². The zero-order chi connectivity index (χ0) is 20.9. The largest absolute Gasteiger partial charge is 0.494 e. The maximum atomic E-state index is 13.5. The van der Waals surface area contributed by atoms with E-state index in [2.05, 4.69) is 0 Å². The number of benzene rings is 1. The Morgan fingerprint density at radius 1 is 1.24 bits per heavy atom. The number of rotatable bonds is 10. The molecule has 164 valence electrons. The van der Waals surface area contributed by atoms with Gasteiger partial charge >= 0.3 is 7.12 Å². The molecule has 2 rings (SSSR count). The first-order valence-corrected chi connectivity index (χ1v) is 9.69. The first kappa shape index (κ1) is 26.0. The number of hydrogen-bond acceptors (Lipinski definition) is 5. The van der Waals surface area contributed by atoms with Crippen LogP contribution in [0, 0.1) is 5.82 Å². The molecule has 1 atom stereocenters. The van der Waals surface area contributed by atoms with Crippen LogP contribution in [-0.2, 0) is 18.8 Å². The molecule has 1 aliphatic rings. The molecule has 1 aliphatic heterocycles. The van der Waals surface area contributed by atoms with Gasteiger partial charge in [-0.15, -0.1) is 12.4 Å². The van der Waals surface area contributed by atoms with Crippen molar-refractivity contribution in [2.24, 2.45) is 5.73 Å². The number of primary amides is 1. The smallest absolute Gasteiger partial charge is 0.463 e. The Balaban J connectivity index is 0.00000420. The summed E-state index contributed by atoms with van der Waals surface area (Å²) in [5, 5.41) is 0.0466. The van der Waals surface area contributed by atoms with Crippen LogP contribution in [0.3, 0.4) is 0 Å². The van der Waals surface area contributed by atoms with Gasteiger partial charge in [0, 0.05) is 24.9 Å². The Labute approximate surface area is 183 Å². The number of carbonyl (C=O) groups excluding carboxylic acids is 1. The second-order valence-electron chi connectivity index (χ2n) is 7.89. The van der Waals surface area contributed by atoms with Crippen LogP contribution in [0.4, 0.5) is 4.39 Å². The van der Waals surface area contributed by atoms with Crippen molar-refractivity contribution in [2.45, 2.75) is 57.6 Å². The Morgan fingerprint density at radius 2 is 1.86 bits per heavy atom. The SMILES string of the molecule is CC1(C)OB([C@H](CCOc2ccc(Cl)c(F)c2)COCCC(N)=O)OC1(C)C.Cl. The number of amides is 1. The van der Waals surface area contributed by atoms with Crippen LogP contribution in [0.1, 0.15) is 40.5 Å². The predicted octanol–water partition coefficient (Wildman–Crippen LogP) is 4.02. The molecule has 0 saturated carbocycles. The average molecular weight is 452 g/mol. The highest BCUT2D eigenvalue weighted by Crippen LogP contribution is 2.40. The van der Waals surface area contributed by atoms with Gasteiger partial charge in [0.15, 0.2) is 0 Å². The highest BCUT2D eigenvalue weighted by atomic mass is 35.5. The van der Waals surface area contributed by atoms with Crippen LogP contribution >= 0.6 is 24.0 Å². The summed E-state index contributed by atoms with van der Waals surface area (Å²) in [6.07, 6.45) is 0.703. The number of nitrogens with two attached hydrogens (primary N) is 1. The Bertz CT molecular complexity index is 677. The third-order valence-electron chi connectivity index (χ3n) is 5.13. The Hall–Kier alpha value is -1.06. The molecular formula is C19H29BCl2FNO5.